The molecular formula is C17H32N2O2. The first-order valence-electron chi connectivity index (χ1n) is 8.73. The molecule has 0 amide bonds. The van der Waals surface area contributed by atoms with Crippen molar-refractivity contribution in [3.63, 3.8) is 0 Å². The van der Waals surface area contributed by atoms with Gasteiger partial charge in [0.1, 0.15) is 5.54 Å². The molecule has 0 aromatic carbocycles. The molecule has 2 fully saturated rings. The van der Waals surface area contributed by atoms with Crippen LogP contribution in [0.15, 0.2) is 0 Å². The lowest BCUT2D eigenvalue weighted by molar-refractivity contribution is -0.160. The molecule has 2 atom stereocenters. The summed E-state index contributed by atoms with van der Waals surface area (Å²) in [7, 11) is 0. The molecule has 0 radical (unpaired) electrons. The van der Waals surface area contributed by atoms with Gasteiger partial charge in [0.05, 0.1) is 6.61 Å². The molecule has 21 heavy (non-hydrogen) atoms. The first kappa shape index (κ1) is 16.8. The van der Waals surface area contributed by atoms with Crippen LogP contribution in [0.25, 0.3) is 0 Å². The quantitative estimate of drug-likeness (QED) is 0.639. The minimum atomic E-state index is -0.359. The van der Waals surface area contributed by atoms with E-state index in [1.165, 1.54) is 6.42 Å². The molecule has 1 aliphatic carbocycles. The summed E-state index contributed by atoms with van der Waals surface area (Å²) in [5.41, 5.74) is -0.359. The van der Waals surface area contributed by atoms with E-state index >= 15 is 0 Å². The highest BCUT2D eigenvalue weighted by Crippen LogP contribution is 2.38. The summed E-state index contributed by atoms with van der Waals surface area (Å²) in [4.78, 5) is 15.2. The first-order chi connectivity index (χ1) is 10.1. The number of rotatable bonds is 4. The van der Waals surface area contributed by atoms with Gasteiger partial charge in [-0.25, -0.2) is 0 Å². The Morgan fingerprint density at radius 2 is 2.00 bits per heavy atom. The molecule has 0 aromatic heterocycles. The van der Waals surface area contributed by atoms with Crippen LogP contribution in [0.1, 0.15) is 52.9 Å². The number of hydrogen-bond donors (Lipinski definition) is 1. The average molecular weight is 296 g/mol. The zero-order valence-corrected chi connectivity index (χ0v) is 14.0. The SMILES string of the molecule is CCOC(=O)C1(N2CCNCC2)CCCC(C(C)C)CC1. The maximum atomic E-state index is 12.8. The van der Waals surface area contributed by atoms with E-state index in [0.717, 1.165) is 57.8 Å². The molecule has 0 bridgehead atoms. The molecular weight excluding hydrogens is 264 g/mol. The van der Waals surface area contributed by atoms with E-state index in [1.54, 1.807) is 0 Å². The monoisotopic (exact) mass is 296 g/mol. The van der Waals surface area contributed by atoms with Gasteiger partial charge in [0, 0.05) is 26.2 Å². The van der Waals surface area contributed by atoms with Crippen molar-refractivity contribution in [3.05, 3.63) is 0 Å². The fourth-order valence-electron chi connectivity index (χ4n) is 4.02. The largest absolute Gasteiger partial charge is 0.465 e. The number of nitrogens with zero attached hydrogens (tertiary/aromatic N) is 1. The van der Waals surface area contributed by atoms with Gasteiger partial charge in [-0.15, -0.1) is 0 Å². The Labute approximate surface area is 129 Å². The second-order valence-corrected chi connectivity index (χ2v) is 6.92. The van der Waals surface area contributed by atoms with Crippen LogP contribution in [0.5, 0.6) is 0 Å². The topological polar surface area (TPSA) is 41.6 Å². The summed E-state index contributed by atoms with van der Waals surface area (Å²) in [6.07, 6.45) is 5.49. The molecule has 0 spiro atoms. The van der Waals surface area contributed by atoms with Crippen LogP contribution >= 0.6 is 0 Å². The third kappa shape index (κ3) is 3.78. The number of esters is 1. The number of hydrogen-bond acceptors (Lipinski definition) is 4. The van der Waals surface area contributed by atoms with Crippen molar-refractivity contribution < 1.29 is 9.53 Å². The van der Waals surface area contributed by atoms with Gasteiger partial charge in [-0.1, -0.05) is 26.7 Å². The van der Waals surface area contributed by atoms with Gasteiger partial charge in [0.2, 0.25) is 0 Å². The summed E-state index contributed by atoms with van der Waals surface area (Å²) >= 11 is 0. The van der Waals surface area contributed by atoms with Crippen LogP contribution in [-0.2, 0) is 9.53 Å². The summed E-state index contributed by atoms with van der Waals surface area (Å²) in [5.74, 6) is 1.49. The van der Waals surface area contributed by atoms with Gasteiger partial charge < -0.3 is 10.1 Å². The molecule has 1 saturated carbocycles. The van der Waals surface area contributed by atoms with Crippen LogP contribution < -0.4 is 5.32 Å². The lowest BCUT2D eigenvalue weighted by Crippen LogP contribution is -2.60. The number of nitrogens with one attached hydrogen (secondary N) is 1. The first-order valence-corrected chi connectivity index (χ1v) is 8.73. The zero-order valence-electron chi connectivity index (χ0n) is 14.0. The van der Waals surface area contributed by atoms with Crippen molar-refractivity contribution in [1.82, 2.24) is 10.2 Å². The Kier molecular flexibility index (Phi) is 6.06. The van der Waals surface area contributed by atoms with Gasteiger partial charge in [0.25, 0.3) is 0 Å². The Morgan fingerprint density at radius 3 is 2.62 bits per heavy atom. The van der Waals surface area contributed by atoms with Crippen LogP contribution in [0.4, 0.5) is 0 Å². The van der Waals surface area contributed by atoms with E-state index in [-0.39, 0.29) is 11.5 Å². The summed E-state index contributed by atoms with van der Waals surface area (Å²) in [6.45, 7) is 10.9. The van der Waals surface area contributed by atoms with E-state index in [4.69, 9.17) is 4.74 Å². The lowest BCUT2D eigenvalue weighted by atomic mass is 9.85. The zero-order chi connectivity index (χ0) is 15.3. The fourth-order valence-corrected chi connectivity index (χ4v) is 4.02. The highest BCUT2D eigenvalue weighted by molar-refractivity contribution is 5.81. The second-order valence-electron chi connectivity index (χ2n) is 6.92. The molecule has 2 unspecified atom stereocenters. The van der Waals surface area contributed by atoms with Gasteiger partial charge in [-0.3, -0.25) is 9.69 Å². The maximum absolute atomic E-state index is 12.8. The molecule has 1 heterocycles. The third-order valence-electron chi connectivity index (χ3n) is 5.41. The van der Waals surface area contributed by atoms with Gasteiger partial charge in [-0.2, -0.15) is 0 Å². The van der Waals surface area contributed by atoms with Crippen LogP contribution in [0.3, 0.4) is 0 Å². The number of carbonyl (C=O) groups is 1. The third-order valence-corrected chi connectivity index (χ3v) is 5.41. The Bertz CT molecular complexity index is 340. The van der Waals surface area contributed by atoms with Crippen molar-refractivity contribution in [2.24, 2.45) is 11.8 Å². The molecule has 4 nitrogen and oxygen atoms in total. The van der Waals surface area contributed by atoms with Crippen molar-refractivity contribution in [3.8, 4) is 0 Å². The molecule has 0 aromatic rings. The van der Waals surface area contributed by atoms with E-state index in [1.807, 2.05) is 6.92 Å². The van der Waals surface area contributed by atoms with Crippen LogP contribution in [0, 0.1) is 11.8 Å². The standard InChI is InChI=1S/C17H32N2O2/c1-4-21-16(20)17(19-12-10-18-11-13-19)8-5-6-15(7-9-17)14(2)3/h14-15,18H,4-13H2,1-3H3. The van der Waals surface area contributed by atoms with Gasteiger partial charge in [0.15, 0.2) is 0 Å². The molecule has 1 saturated heterocycles. The average Bonchev–Trinajstić information content (AvgIpc) is 2.72. The Hall–Kier alpha value is -0.610. The second kappa shape index (κ2) is 7.59. The summed E-state index contributed by atoms with van der Waals surface area (Å²) in [6, 6.07) is 0. The minimum absolute atomic E-state index is 0.0244. The normalized spacial score (nSPS) is 31.9. The van der Waals surface area contributed by atoms with Gasteiger partial charge >= 0.3 is 5.97 Å². The smallest absolute Gasteiger partial charge is 0.326 e. The Balaban J connectivity index is 2.17. The molecule has 1 N–H and O–H groups in total. The highest BCUT2D eigenvalue weighted by Gasteiger charge is 2.46. The fraction of sp³-hybridized carbons (Fsp3) is 0.941. The lowest BCUT2D eigenvalue weighted by Gasteiger charge is -2.43. The maximum Gasteiger partial charge on any atom is 0.326 e. The molecule has 2 aliphatic rings. The van der Waals surface area contributed by atoms with E-state index in [0.29, 0.717) is 12.5 Å². The van der Waals surface area contributed by atoms with Crippen molar-refractivity contribution in [2.45, 2.75) is 58.4 Å². The van der Waals surface area contributed by atoms with Gasteiger partial charge in [-0.05, 0) is 38.0 Å². The van der Waals surface area contributed by atoms with Crippen molar-refractivity contribution in [2.75, 3.05) is 32.8 Å². The minimum Gasteiger partial charge on any atom is -0.465 e. The van der Waals surface area contributed by atoms with Crippen molar-refractivity contribution >= 4 is 5.97 Å². The summed E-state index contributed by atoms with van der Waals surface area (Å²) in [5, 5.41) is 3.39. The summed E-state index contributed by atoms with van der Waals surface area (Å²) < 4.78 is 5.49. The predicted molar refractivity (Wildman–Crippen MR) is 85.2 cm³/mol. The molecule has 4 heteroatoms. The molecule has 2 rings (SSSR count). The number of piperazine rings is 1. The van der Waals surface area contributed by atoms with E-state index in [2.05, 4.69) is 24.1 Å². The molecule has 1 aliphatic heterocycles. The predicted octanol–water partition coefficient (Wildman–Crippen LogP) is 2.43. The van der Waals surface area contributed by atoms with E-state index in [9.17, 15) is 4.79 Å². The molecule has 122 valence electrons. The van der Waals surface area contributed by atoms with Crippen LogP contribution in [-0.4, -0.2) is 49.2 Å². The Morgan fingerprint density at radius 1 is 1.29 bits per heavy atom. The van der Waals surface area contributed by atoms with E-state index < -0.39 is 0 Å². The van der Waals surface area contributed by atoms with Crippen molar-refractivity contribution in [1.29, 1.82) is 0 Å². The van der Waals surface area contributed by atoms with Crippen LogP contribution in [0.2, 0.25) is 0 Å². The highest BCUT2D eigenvalue weighted by atomic mass is 16.5. The number of ether oxygens (including phenoxy) is 1. The number of carbonyl (C=O) groups excluding carboxylic acids is 1.